The monoisotopic (exact) mass is 573 g/mol. The van der Waals surface area contributed by atoms with Crippen LogP contribution in [-0.2, 0) is 12.8 Å². The van der Waals surface area contributed by atoms with Gasteiger partial charge >= 0.3 is 6.18 Å². The van der Waals surface area contributed by atoms with E-state index in [1.54, 1.807) is 6.07 Å². The van der Waals surface area contributed by atoms with Gasteiger partial charge in [0.1, 0.15) is 6.61 Å². The highest BCUT2D eigenvalue weighted by atomic mass is 35.5. The Morgan fingerprint density at radius 1 is 0.829 bits per heavy atom. The van der Waals surface area contributed by atoms with Gasteiger partial charge in [-0.25, -0.2) is 4.39 Å². The van der Waals surface area contributed by atoms with Crippen molar-refractivity contribution in [2.24, 2.45) is 0 Å². The topological polar surface area (TPSA) is 35.2 Å². The third-order valence-electron chi connectivity index (χ3n) is 8.32. The van der Waals surface area contributed by atoms with E-state index in [0.29, 0.717) is 16.8 Å². The van der Waals surface area contributed by atoms with E-state index in [-0.39, 0.29) is 23.8 Å². The van der Waals surface area contributed by atoms with Crippen LogP contribution in [0.5, 0.6) is 5.75 Å². The molecule has 2 N–H and O–H groups in total. The van der Waals surface area contributed by atoms with Gasteiger partial charge in [-0.3, -0.25) is 0 Å². The third-order valence-corrected chi connectivity index (χ3v) is 8.77. The van der Waals surface area contributed by atoms with E-state index in [9.17, 15) is 13.2 Å². The zero-order valence-corrected chi connectivity index (χ0v) is 22.5. The molecule has 6 aromatic rings. The summed E-state index contributed by atoms with van der Waals surface area (Å²) in [6.07, 6.45) is -1.78. The first kappa shape index (κ1) is 25.9. The summed E-state index contributed by atoms with van der Waals surface area (Å²) in [7, 11) is 0. The highest BCUT2D eigenvalue weighted by Gasteiger charge is 2.34. The smallest absolute Gasteiger partial charge is 0.417 e. The summed E-state index contributed by atoms with van der Waals surface area (Å²) in [6.45, 7) is -0.295. The second-order valence-corrected chi connectivity index (χ2v) is 11.2. The summed E-state index contributed by atoms with van der Waals surface area (Å²) < 4.78 is 63.0. The van der Waals surface area contributed by atoms with E-state index in [4.69, 9.17) is 22.1 Å². The highest BCUT2D eigenvalue weighted by Crippen LogP contribution is 2.47. The molecule has 0 radical (unpaired) electrons. The van der Waals surface area contributed by atoms with Crippen molar-refractivity contribution in [3.63, 3.8) is 0 Å². The van der Waals surface area contributed by atoms with Crippen molar-refractivity contribution in [3.05, 3.63) is 106 Å². The van der Waals surface area contributed by atoms with Crippen LogP contribution in [0.2, 0.25) is 5.02 Å². The number of benzene rings is 6. The van der Waals surface area contributed by atoms with Crippen LogP contribution >= 0.6 is 11.6 Å². The predicted molar refractivity (Wildman–Crippen MR) is 157 cm³/mol. The molecule has 0 heterocycles. The van der Waals surface area contributed by atoms with E-state index < -0.39 is 22.6 Å². The Morgan fingerprint density at radius 3 is 2.34 bits per heavy atom. The molecular formula is C34H24ClF4NO. The molecule has 7 rings (SSSR count). The fourth-order valence-corrected chi connectivity index (χ4v) is 6.41. The quantitative estimate of drug-likeness (QED) is 0.126. The van der Waals surface area contributed by atoms with Crippen molar-refractivity contribution in [2.45, 2.75) is 38.0 Å². The fraction of sp³-hybridized carbons (Fsp3) is 0.176. The Balaban J connectivity index is 1.39. The minimum absolute atomic E-state index is 0.0605. The van der Waals surface area contributed by atoms with Gasteiger partial charge in [0, 0.05) is 22.4 Å². The van der Waals surface area contributed by atoms with Crippen LogP contribution in [0.4, 0.5) is 23.2 Å². The van der Waals surface area contributed by atoms with Gasteiger partial charge in [-0.1, -0.05) is 72.6 Å². The lowest BCUT2D eigenvalue weighted by molar-refractivity contribution is -0.137. The SMILES string of the molecule is Nc1cc2ccc3cccc4c(-c5ccc(C6CCC6)c(OCc6cccc(C(F)(F)F)c6Cl)c5F)cc(c1)c2c34. The van der Waals surface area contributed by atoms with Crippen molar-refractivity contribution in [3.8, 4) is 16.9 Å². The van der Waals surface area contributed by atoms with Crippen molar-refractivity contribution in [2.75, 3.05) is 5.73 Å². The zero-order valence-electron chi connectivity index (χ0n) is 21.8. The lowest BCUT2D eigenvalue weighted by Crippen LogP contribution is -2.13. The van der Waals surface area contributed by atoms with Gasteiger partial charge in [0.05, 0.1) is 10.6 Å². The number of nitrogens with two attached hydrogens (primary N) is 1. The number of anilines is 1. The number of halogens is 5. The molecule has 0 unspecified atom stereocenters. The first-order chi connectivity index (χ1) is 19.7. The summed E-state index contributed by atoms with van der Waals surface area (Å²) in [5.41, 5.74) is 7.81. The predicted octanol–water partition coefficient (Wildman–Crippen LogP) is 10.5. The zero-order chi connectivity index (χ0) is 28.5. The van der Waals surface area contributed by atoms with Gasteiger partial charge < -0.3 is 10.5 Å². The minimum atomic E-state index is -4.60. The number of rotatable bonds is 5. The molecule has 7 heteroatoms. The standard InChI is InChI=1S/C34H24ClF4NO/c35-31-21(7-3-9-28(31)34(37,38)39)17-41-33-24(18-4-1-5-18)12-13-26(32(33)36)27-16-22-15-23(40)14-20-11-10-19-6-2-8-25(27)30(19)29(20)22/h2-3,6-16,18H,1,4-5,17,40H2. The van der Waals surface area contributed by atoms with Crippen molar-refractivity contribution in [1.29, 1.82) is 0 Å². The maximum absolute atomic E-state index is 16.6. The Hall–Kier alpha value is -4.03. The van der Waals surface area contributed by atoms with E-state index in [0.717, 1.165) is 63.2 Å². The third kappa shape index (κ3) is 4.24. The average Bonchev–Trinajstić information content (AvgIpc) is 2.90. The Bertz CT molecular complexity index is 1960. The molecule has 0 spiro atoms. The Labute approximate surface area is 238 Å². The first-order valence-electron chi connectivity index (χ1n) is 13.5. The largest absolute Gasteiger partial charge is 0.485 e. The number of alkyl halides is 3. The number of hydrogen-bond donors (Lipinski definition) is 1. The molecule has 0 atom stereocenters. The van der Waals surface area contributed by atoms with Crippen molar-refractivity contribution in [1.82, 2.24) is 0 Å². The summed E-state index contributed by atoms with van der Waals surface area (Å²) in [4.78, 5) is 0. The van der Waals surface area contributed by atoms with Crippen LogP contribution in [0.25, 0.3) is 43.4 Å². The lowest BCUT2D eigenvalue weighted by Gasteiger charge is -2.28. The first-order valence-corrected chi connectivity index (χ1v) is 13.9. The van der Waals surface area contributed by atoms with Crippen LogP contribution in [0.15, 0.2) is 78.9 Å². The Morgan fingerprint density at radius 2 is 1.59 bits per heavy atom. The number of nitrogen functional groups attached to an aromatic ring is 1. The molecule has 0 saturated heterocycles. The maximum atomic E-state index is 16.6. The Kier molecular flexibility index (Phi) is 6.02. The van der Waals surface area contributed by atoms with Crippen molar-refractivity contribution < 1.29 is 22.3 Å². The molecule has 2 nitrogen and oxygen atoms in total. The van der Waals surface area contributed by atoms with Crippen molar-refractivity contribution >= 4 is 49.6 Å². The molecule has 0 aliphatic heterocycles. The molecule has 0 bridgehead atoms. The number of ether oxygens (including phenoxy) is 1. The molecule has 1 aliphatic rings. The maximum Gasteiger partial charge on any atom is 0.417 e. The molecule has 41 heavy (non-hydrogen) atoms. The molecule has 206 valence electrons. The summed E-state index contributed by atoms with van der Waals surface area (Å²) in [5.74, 6) is -0.353. The van der Waals surface area contributed by atoms with Gasteiger partial charge in [-0.15, -0.1) is 0 Å². The molecule has 1 saturated carbocycles. The van der Waals surface area contributed by atoms with Gasteiger partial charge in [-0.2, -0.15) is 13.2 Å². The summed E-state index contributed by atoms with van der Waals surface area (Å²) in [5, 5.41) is 5.50. The van der Waals surface area contributed by atoms with E-state index in [2.05, 4.69) is 0 Å². The minimum Gasteiger partial charge on any atom is -0.485 e. The summed E-state index contributed by atoms with van der Waals surface area (Å²) >= 11 is 6.12. The van der Waals surface area contributed by atoms with E-state index in [1.807, 2.05) is 54.6 Å². The lowest BCUT2D eigenvalue weighted by atomic mass is 9.79. The van der Waals surface area contributed by atoms with Crippen LogP contribution in [0, 0.1) is 5.82 Å². The normalized spacial score (nSPS) is 14.3. The van der Waals surface area contributed by atoms with Crippen LogP contribution in [0.1, 0.15) is 41.9 Å². The van der Waals surface area contributed by atoms with Gasteiger partial charge in [0.2, 0.25) is 0 Å². The molecule has 1 fully saturated rings. The van der Waals surface area contributed by atoms with Crippen LogP contribution in [-0.4, -0.2) is 0 Å². The molecule has 1 aliphatic carbocycles. The number of hydrogen-bond acceptors (Lipinski definition) is 2. The second-order valence-electron chi connectivity index (χ2n) is 10.8. The summed E-state index contributed by atoms with van der Waals surface area (Å²) in [6, 6.07) is 23.2. The van der Waals surface area contributed by atoms with Gasteiger partial charge in [-0.05, 0) is 80.9 Å². The van der Waals surface area contributed by atoms with E-state index >= 15 is 4.39 Å². The van der Waals surface area contributed by atoms with Crippen LogP contribution < -0.4 is 10.5 Å². The average molecular weight is 574 g/mol. The van der Waals surface area contributed by atoms with Gasteiger partial charge in [0.25, 0.3) is 0 Å². The fourth-order valence-electron chi connectivity index (χ4n) is 6.12. The molecule has 0 aromatic heterocycles. The van der Waals surface area contributed by atoms with Crippen LogP contribution in [0.3, 0.4) is 0 Å². The molecule has 6 aromatic carbocycles. The highest BCUT2D eigenvalue weighted by molar-refractivity contribution is 6.32. The molecular weight excluding hydrogens is 550 g/mol. The van der Waals surface area contributed by atoms with Gasteiger partial charge in [0.15, 0.2) is 11.6 Å². The van der Waals surface area contributed by atoms with E-state index in [1.165, 1.54) is 12.1 Å². The molecule has 0 amide bonds. The second kappa shape index (κ2) is 9.52.